The van der Waals surface area contributed by atoms with Crippen LogP contribution in [0.4, 0.5) is 19.0 Å². The van der Waals surface area contributed by atoms with E-state index in [0.717, 1.165) is 6.20 Å². The van der Waals surface area contributed by atoms with Crippen LogP contribution in [0.5, 0.6) is 0 Å². The van der Waals surface area contributed by atoms with Gasteiger partial charge in [-0.05, 0) is 22.6 Å². The maximum Gasteiger partial charge on any atom is 0.451 e. The summed E-state index contributed by atoms with van der Waals surface area (Å²) in [6.45, 7) is 0. The van der Waals surface area contributed by atoms with Crippen molar-refractivity contribution in [3.05, 3.63) is 15.6 Å². The second kappa shape index (κ2) is 3.04. The summed E-state index contributed by atoms with van der Waals surface area (Å²) in [5.41, 5.74) is 5.16. The Morgan fingerprint density at radius 3 is 2.42 bits per heavy atom. The van der Waals surface area contributed by atoms with E-state index in [0.29, 0.717) is 3.57 Å². The molecule has 0 fully saturated rings. The van der Waals surface area contributed by atoms with Crippen LogP contribution >= 0.6 is 22.6 Å². The van der Waals surface area contributed by atoms with Gasteiger partial charge in [0.25, 0.3) is 0 Å². The normalized spacial score (nSPS) is 11.7. The van der Waals surface area contributed by atoms with Gasteiger partial charge in [-0.1, -0.05) is 0 Å². The topological polar surface area (TPSA) is 51.8 Å². The third-order valence-electron chi connectivity index (χ3n) is 1.02. The molecule has 0 atom stereocenters. The molecule has 0 aliphatic carbocycles. The van der Waals surface area contributed by atoms with Crippen molar-refractivity contribution in [2.24, 2.45) is 0 Å². The molecule has 1 heterocycles. The van der Waals surface area contributed by atoms with Gasteiger partial charge in [0.1, 0.15) is 5.82 Å². The second-order valence-corrected chi connectivity index (χ2v) is 3.09. The highest BCUT2D eigenvalue weighted by Crippen LogP contribution is 2.26. The standard InChI is InChI=1S/C5H3F3IN3/c6-5(7,8)4-11-1-2(9)3(10)12-4/h1H,(H2,10,11,12). The summed E-state index contributed by atoms with van der Waals surface area (Å²) in [4.78, 5) is 6.16. The van der Waals surface area contributed by atoms with E-state index in [4.69, 9.17) is 5.73 Å². The Bertz CT molecular complexity index is 298. The first-order valence-corrected chi connectivity index (χ1v) is 3.84. The van der Waals surface area contributed by atoms with E-state index in [-0.39, 0.29) is 5.82 Å². The number of aromatic nitrogens is 2. The predicted octanol–water partition coefficient (Wildman–Crippen LogP) is 1.68. The van der Waals surface area contributed by atoms with Gasteiger partial charge in [-0.3, -0.25) is 0 Å². The first kappa shape index (κ1) is 9.49. The second-order valence-electron chi connectivity index (χ2n) is 1.92. The summed E-state index contributed by atoms with van der Waals surface area (Å²) in [5.74, 6) is -1.36. The third-order valence-corrected chi connectivity index (χ3v) is 1.86. The molecular weight excluding hydrogens is 286 g/mol. The minimum Gasteiger partial charge on any atom is -0.383 e. The van der Waals surface area contributed by atoms with Crippen molar-refractivity contribution >= 4 is 28.4 Å². The molecule has 3 nitrogen and oxygen atoms in total. The fourth-order valence-corrected chi connectivity index (χ4v) is 0.777. The van der Waals surface area contributed by atoms with E-state index >= 15 is 0 Å². The minimum atomic E-state index is -4.53. The van der Waals surface area contributed by atoms with E-state index in [9.17, 15) is 13.2 Å². The van der Waals surface area contributed by atoms with E-state index in [1.165, 1.54) is 0 Å². The van der Waals surface area contributed by atoms with Gasteiger partial charge in [-0.25, -0.2) is 9.97 Å². The Hall–Kier alpha value is -0.600. The van der Waals surface area contributed by atoms with Crippen molar-refractivity contribution in [3.63, 3.8) is 0 Å². The Labute approximate surface area is 79.3 Å². The number of halogens is 4. The molecule has 12 heavy (non-hydrogen) atoms. The van der Waals surface area contributed by atoms with Crippen LogP contribution in [0.25, 0.3) is 0 Å². The lowest BCUT2D eigenvalue weighted by atomic mass is 10.5. The van der Waals surface area contributed by atoms with Crippen LogP contribution in [0.3, 0.4) is 0 Å². The fraction of sp³-hybridized carbons (Fsp3) is 0.200. The number of hydrogen-bond acceptors (Lipinski definition) is 3. The largest absolute Gasteiger partial charge is 0.451 e. The van der Waals surface area contributed by atoms with Crippen LogP contribution in [-0.2, 0) is 6.18 Å². The highest BCUT2D eigenvalue weighted by atomic mass is 127. The van der Waals surface area contributed by atoms with Gasteiger partial charge in [-0.2, -0.15) is 13.2 Å². The lowest BCUT2D eigenvalue weighted by Crippen LogP contribution is -2.12. The lowest BCUT2D eigenvalue weighted by molar-refractivity contribution is -0.144. The average molecular weight is 289 g/mol. The van der Waals surface area contributed by atoms with Crippen molar-refractivity contribution in [3.8, 4) is 0 Å². The lowest BCUT2D eigenvalue weighted by Gasteiger charge is -2.04. The molecule has 1 aromatic heterocycles. The molecule has 0 saturated carbocycles. The Morgan fingerprint density at radius 2 is 2.00 bits per heavy atom. The summed E-state index contributed by atoms with van der Waals surface area (Å²) in [5, 5.41) is 0. The monoisotopic (exact) mass is 289 g/mol. The average Bonchev–Trinajstić information content (AvgIpc) is 1.92. The molecule has 7 heteroatoms. The molecule has 0 aliphatic heterocycles. The van der Waals surface area contributed by atoms with Crippen LogP contribution in [0.2, 0.25) is 0 Å². The van der Waals surface area contributed by atoms with Gasteiger partial charge >= 0.3 is 6.18 Å². The number of alkyl halides is 3. The van der Waals surface area contributed by atoms with Gasteiger partial charge in [0.15, 0.2) is 0 Å². The molecule has 0 saturated heterocycles. The maximum atomic E-state index is 11.9. The molecule has 0 amide bonds. The molecule has 0 aliphatic rings. The smallest absolute Gasteiger partial charge is 0.383 e. The summed E-state index contributed by atoms with van der Waals surface area (Å²) in [7, 11) is 0. The van der Waals surface area contributed by atoms with E-state index in [2.05, 4.69) is 9.97 Å². The predicted molar refractivity (Wildman–Crippen MR) is 44.2 cm³/mol. The molecular formula is C5H3F3IN3. The summed E-state index contributed by atoms with van der Waals surface area (Å²) in [6, 6.07) is 0. The van der Waals surface area contributed by atoms with Crippen LogP contribution in [0.1, 0.15) is 5.82 Å². The highest BCUT2D eigenvalue weighted by molar-refractivity contribution is 14.1. The van der Waals surface area contributed by atoms with Crippen molar-refractivity contribution in [2.45, 2.75) is 6.18 Å². The van der Waals surface area contributed by atoms with Gasteiger partial charge in [0.05, 0.1) is 3.57 Å². The maximum absolute atomic E-state index is 11.9. The highest BCUT2D eigenvalue weighted by Gasteiger charge is 2.34. The number of anilines is 1. The van der Waals surface area contributed by atoms with Crippen LogP contribution < -0.4 is 5.73 Å². The zero-order valence-electron chi connectivity index (χ0n) is 5.56. The van der Waals surface area contributed by atoms with Gasteiger partial charge in [-0.15, -0.1) is 0 Å². The van der Waals surface area contributed by atoms with Crippen LogP contribution in [0.15, 0.2) is 6.20 Å². The molecule has 1 rings (SSSR count). The van der Waals surface area contributed by atoms with E-state index in [1.807, 2.05) is 0 Å². The molecule has 66 valence electrons. The quantitative estimate of drug-likeness (QED) is 0.739. The van der Waals surface area contributed by atoms with Crippen molar-refractivity contribution in [2.75, 3.05) is 5.73 Å². The third kappa shape index (κ3) is 1.96. The zero-order chi connectivity index (χ0) is 9.35. The van der Waals surface area contributed by atoms with Crippen molar-refractivity contribution in [1.29, 1.82) is 0 Å². The summed E-state index contributed by atoms with van der Waals surface area (Å²) < 4.78 is 36.2. The molecule has 2 N–H and O–H groups in total. The first-order valence-electron chi connectivity index (χ1n) is 2.76. The van der Waals surface area contributed by atoms with E-state index < -0.39 is 12.0 Å². The van der Waals surface area contributed by atoms with Gasteiger partial charge in [0.2, 0.25) is 5.82 Å². The fourth-order valence-electron chi connectivity index (χ4n) is 0.517. The molecule has 0 aromatic carbocycles. The molecule has 0 unspecified atom stereocenters. The summed E-state index contributed by atoms with van der Waals surface area (Å²) in [6.07, 6.45) is -3.50. The Morgan fingerprint density at radius 1 is 1.42 bits per heavy atom. The van der Waals surface area contributed by atoms with Crippen molar-refractivity contribution in [1.82, 2.24) is 9.97 Å². The Balaban J connectivity index is 3.14. The van der Waals surface area contributed by atoms with E-state index in [1.54, 1.807) is 22.6 Å². The van der Waals surface area contributed by atoms with Gasteiger partial charge < -0.3 is 5.73 Å². The molecule has 0 spiro atoms. The zero-order valence-corrected chi connectivity index (χ0v) is 7.72. The van der Waals surface area contributed by atoms with Gasteiger partial charge in [0, 0.05) is 6.20 Å². The molecule has 0 bridgehead atoms. The molecule has 1 aromatic rings. The molecule has 0 radical (unpaired) electrons. The number of nitrogen functional groups attached to an aromatic ring is 1. The number of rotatable bonds is 0. The first-order chi connectivity index (χ1) is 5.41. The Kier molecular flexibility index (Phi) is 2.40. The number of hydrogen-bond donors (Lipinski definition) is 1. The van der Waals surface area contributed by atoms with Crippen LogP contribution in [-0.4, -0.2) is 9.97 Å². The van der Waals surface area contributed by atoms with Crippen molar-refractivity contribution < 1.29 is 13.2 Å². The SMILES string of the molecule is Nc1nc(C(F)(F)F)ncc1I. The minimum absolute atomic E-state index is 0.155. The summed E-state index contributed by atoms with van der Waals surface area (Å²) >= 11 is 1.75. The number of nitrogens with zero attached hydrogens (tertiary/aromatic N) is 2. The number of nitrogens with two attached hydrogens (primary N) is 1. The van der Waals surface area contributed by atoms with Crippen LogP contribution in [0, 0.1) is 3.57 Å².